The molecule has 0 aromatic carbocycles. The summed E-state index contributed by atoms with van der Waals surface area (Å²) in [7, 11) is 0. The number of carboxylic acid groups (broad SMARTS) is 2. The van der Waals surface area contributed by atoms with Gasteiger partial charge in [0, 0.05) is 12.5 Å². The third kappa shape index (κ3) is 9.15. The van der Waals surface area contributed by atoms with E-state index in [-0.39, 0.29) is 42.4 Å². The van der Waals surface area contributed by atoms with E-state index < -0.39 is 18.0 Å². The van der Waals surface area contributed by atoms with Crippen LogP contribution in [-0.2, 0) is 9.59 Å². The van der Waals surface area contributed by atoms with Gasteiger partial charge in [0.25, 0.3) is 0 Å². The maximum Gasteiger partial charge on any atom is 1.00 e. The van der Waals surface area contributed by atoms with Crippen molar-refractivity contribution in [1.29, 1.82) is 0 Å². The summed E-state index contributed by atoms with van der Waals surface area (Å²) in [6, 6.07) is -0.866. The van der Waals surface area contributed by atoms with Crippen molar-refractivity contribution < 1.29 is 49.4 Å². The number of rotatable bonds is 8. The predicted octanol–water partition coefficient (Wildman–Crippen LogP) is -3.39. The quantitative estimate of drug-likeness (QED) is 0.431. The number of nitrogens with one attached hydrogen (secondary N) is 1. The number of aliphatic carboxylic acids is 2. The van der Waals surface area contributed by atoms with Crippen LogP contribution in [0.3, 0.4) is 0 Å². The summed E-state index contributed by atoms with van der Waals surface area (Å²) in [6.45, 7) is 4.57. The Balaban J connectivity index is 0. The van der Waals surface area contributed by atoms with E-state index in [1.807, 2.05) is 13.8 Å². The zero-order valence-electron chi connectivity index (χ0n) is 10.2. The van der Waals surface area contributed by atoms with Crippen LogP contribution in [0.2, 0.25) is 0 Å². The maximum atomic E-state index is 10.6. The fourth-order valence-corrected chi connectivity index (χ4v) is 1.06. The molecule has 0 aliphatic carbocycles. The third-order valence-corrected chi connectivity index (χ3v) is 2.34. The molecule has 0 radical (unpaired) electrons. The molecular formula is C10H18NNaO4. The number of carbonyl (C=O) groups excluding carboxylic acids is 1. The van der Waals surface area contributed by atoms with Gasteiger partial charge in [0.15, 0.2) is 0 Å². The first-order valence-corrected chi connectivity index (χ1v) is 5.13. The van der Waals surface area contributed by atoms with E-state index in [4.69, 9.17) is 5.11 Å². The standard InChI is InChI=1S/C10H19NO4.Na/c1-3-7(2)6-11-8(10(14)15)4-5-9(12)13;/h7-8,11H,3-6H2,1-2H3,(H,12,13)(H,14,15);/q;+1/p-1/t7?,8-;/m0./s1. The molecule has 0 saturated heterocycles. The zero-order valence-corrected chi connectivity index (χ0v) is 12.2. The van der Waals surface area contributed by atoms with E-state index in [0.717, 1.165) is 6.42 Å². The summed E-state index contributed by atoms with van der Waals surface area (Å²) in [4.78, 5) is 20.9. The van der Waals surface area contributed by atoms with Crippen LogP contribution in [0.1, 0.15) is 33.1 Å². The first-order valence-electron chi connectivity index (χ1n) is 5.13. The maximum absolute atomic E-state index is 10.6. The molecule has 6 heteroatoms. The average Bonchev–Trinajstić information content (AvgIpc) is 2.16. The molecule has 0 aliphatic heterocycles. The first-order chi connectivity index (χ1) is 6.97. The van der Waals surface area contributed by atoms with Crippen molar-refractivity contribution >= 4 is 11.9 Å². The van der Waals surface area contributed by atoms with Gasteiger partial charge in [-0.25, -0.2) is 0 Å². The molecule has 0 saturated carbocycles. The molecular weight excluding hydrogens is 221 g/mol. The van der Waals surface area contributed by atoms with Gasteiger partial charge in [-0.1, -0.05) is 20.3 Å². The summed E-state index contributed by atoms with van der Waals surface area (Å²) in [5.41, 5.74) is 0. The van der Waals surface area contributed by atoms with Crippen molar-refractivity contribution in [2.45, 2.75) is 39.2 Å². The van der Waals surface area contributed by atoms with Crippen molar-refractivity contribution in [3.63, 3.8) is 0 Å². The Morgan fingerprint density at radius 1 is 1.44 bits per heavy atom. The molecule has 0 bridgehead atoms. The van der Waals surface area contributed by atoms with Crippen molar-refractivity contribution in [2.24, 2.45) is 5.92 Å². The van der Waals surface area contributed by atoms with Crippen LogP contribution in [0, 0.1) is 5.92 Å². The molecule has 1 unspecified atom stereocenters. The van der Waals surface area contributed by atoms with Crippen molar-refractivity contribution in [3.8, 4) is 0 Å². The number of carbonyl (C=O) groups is 2. The third-order valence-electron chi connectivity index (χ3n) is 2.34. The Hall–Kier alpha value is -0.100. The van der Waals surface area contributed by atoms with E-state index in [9.17, 15) is 14.7 Å². The Bertz CT molecular complexity index is 223. The molecule has 5 nitrogen and oxygen atoms in total. The summed E-state index contributed by atoms with van der Waals surface area (Å²) in [5.74, 6) is -1.86. The molecule has 2 atom stereocenters. The summed E-state index contributed by atoms with van der Waals surface area (Å²) >= 11 is 0. The molecule has 0 fully saturated rings. The topological polar surface area (TPSA) is 89.5 Å². The molecule has 0 aliphatic rings. The fourth-order valence-electron chi connectivity index (χ4n) is 1.06. The van der Waals surface area contributed by atoms with Crippen LogP contribution in [0.25, 0.3) is 0 Å². The van der Waals surface area contributed by atoms with Crippen LogP contribution in [0.5, 0.6) is 0 Å². The van der Waals surface area contributed by atoms with E-state index >= 15 is 0 Å². The molecule has 2 N–H and O–H groups in total. The Morgan fingerprint density at radius 2 is 2.00 bits per heavy atom. The number of carboxylic acids is 2. The van der Waals surface area contributed by atoms with Gasteiger partial charge in [0.2, 0.25) is 0 Å². The largest absolute Gasteiger partial charge is 1.00 e. The van der Waals surface area contributed by atoms with Crippen LogP contribution < -0.4 is 40.0 Å². The molecule has 0 spiro atoms. The Kier molecular flexibility index (Phi) is 11.5. The SMILES string of the molecule is CCC(C)CN[C@@H](CCC(=O)O)C(=O)[O-].[Na+]. The van der Waals surface area contributed by atoms with Gasteiger partial charge in [-0.15, -0.1) is 0 Å². The Labute approximate surface area is 118 Å². The van der Waals surface area contributed by atoms with Gasteiger partial charge in [-0.05, 0) is 18.9 Å². The smallest absolute Gasteiger partial charge is 0.548 e. The summed E-state index contributed by atoms with van der Waals surface area (Å²) < 4.78 is 0. The van der Waals surface area contributed by atoms with Crippen LogP contribution in [0.15, 0.2) is 0 Å². The van der Waals surface area contributed by atoms with E-state index in [0.29, 0.717) is 12.5 Å². The minimum Gasteiger partial charge on any atom is -0.548 e. The van der Waals surface area contributed by atoms with Crippen molar-refractivity contribution in [2.75, 3.05) is 6.54 Å². The Morgan fingerprint density at radius 3 is 2.38 bits per heavy atom. The second kappa shape index (κ2) is 10.1. The molecule has 0 amide bonds. The van der Waals surface area contributed by atoms with Gasteiger partial charge >= 0.3 is 35.5 Å². The van der Waals surface area contributed by atoms with Gasteiger partial charge < -0.3 is 20.3 Å². The minimum absolute atomic E-state index is 0. The average molecular weight is 239 g/mol. The van der Waals surface area contributed by atoms with Crippen molar-refractivity contribution in [1.82, 2.24) is 5.32 Å². The number of hydrogen-bond donors (Lipinski definition) is 2. The molecule has 0 rings (SSSR count). The zero-order chi connectivity index (χ0) is 11.8. The summed E-state index contributed by atoms with van der Waals surface area (Å²) in [5, 5.41) is 21.9. The van der Waals surface area contributed by atoms with Crippen LogP contribution in [-0.4, -0.2) is 29.6 Å². The molecule has 16 heavy (non-hydrogen) atoms. The summed E-state index contributed by atoms with van der Waals surface area (Å²) in [6.07, 6.45) is 0.853. The van der Waals surface area contributed by atoms with Gasteiger partial charge in [-0.2, -0.15) is 0 Å². The van der Waals surface area contributed by atoms with Gasteiger partial charge in [0.05, 0.1) is 5.97 Å². The predicted molar refractivity (Wildman–Crippen MR) is 53.1 cm³/mol. The van der Waals surface area contributed by atoms with E-state index in [1.165, 1.54) is 0 Å². The van der Waals surface area contributed by atoms with E-state index in [2.05, 4.69) is 5.32 Å². The molecule has 0 heterocycles. The number of hydrogen-bond acceptors (Lipinski definition) is 4. The molecule has 88 valence electrons. The van der Waals surface area contributed by atoms with Crippen LogP contribution in [0.4, 0.5) is 0 Å². The van der Waals surface area contributed by atoms with Gasteiger partial charge in [0.1, 0.15) is 0 Å². The molecule has 0 aromatic rings. The van der Waals surface area contributed by atoms with E-state index in [1.54, 1.807) is 0 Å². The van der Waals surface area contributed by atoms with Crippen LogP contribution >= 0.6 is 0 Å². The van der Waals surface area contributed by atoms with Crippen molar-refractivity contribution in [3.05, 3.63) is 0 Å². The monoisotopic (exact) mass is 239 g/mol. The molecule has 0 aromatic heterocycles. The fraction of sp³-hybridized carbons (Fsp3) is 0.800. The minimum atomic E-state index is -1.24. The second-order valence-electron chi connectivity index (χ2n) is 3.73. The first kappa shape index (κ1) is 18.3. The second-order valence-corrected chi connectivity index (χ2v) is 3.73. The normalized spacial score (nSPS) is 13.6. The van der Waals surface area contributed by atoms with Gasteiger partial charge in [-0.3, -0.25) is 4.79 Å².